The number of nitrogens with one attached hydrogen (secondary N) is 2. The SMILES string of the molecule is O=C(CN1C(=O)c2ccccc2C1=O)NNC(=O)c1ccc2c(c1)OCO2. The van der Waals surface area contributed by atoms with E-state index in [1.807, 2.05) is 0 Å². The lowest BCUT2D eigenvalue weighted by Gasteiger charge is -2.14. The van der Waals surface area contributed by atoms with Crippen molar-refractivity contribution in [3.05, 3.63) is 59.2 Å². The molecular formula is C18H13N3O6. The summed E-state index contributed by atoms with van der Waals surface area (Å²) in [5.41, 5.74) is 5.17. The van der Waals surface area contributed by atoms with Gasteiger partial charge in [-0.1, -0.05) is 12.1 Å². The molecule has 2 aromatic rings. The summed E-state index contributed by atoms with van der Waals surface area (Å²) >= 11 is 0. The van der Waals surface area contributed by atoms with Crippen LogP contribution in [0.3, 0.4) is 0 Å². The van der Waals surface area contributed by atoms with Gasteiger partial charge in [-0.2, -0.15) is 0 Å². The predicted octanol–water partition coefficient (Wildman–Crippen LogP) is 0.472. The number of ether oxygens (including phenoxy) is 2. The van der Waals surface area contributed by atoms with Crippen LogP contribution in [-0.4, -0.2) is 41.9 Å². The lowest BCUT2D eigenvalue weighted by molar-refractivity contribution is -0.122. The number of nitrogens with zero attached hydrogens (tertiary/aromatic N) is 1. The summed E-state index contributed by atoms with van der Waals surface area (Å²) in [6.07, 6.45) is 0. The van der Waals surface area contributed by atoms with E-state index in [0.717, 1.165) is 4.90 Å². The topological polar surface area (TPSA) is 114 Å². The maximum atomic E-state index is 12.2. The highest BCUT2D eigenvalue weighted by Gasteiger charge is 2.36. The Morgan fingerprint density at radius 3 is 2.30 bits per heavy atom. The Kier molecular flexibility index (Phi) is 3.96. The molecule has 0 saturated heterocycles. The van der Waals surface area contributed by atoms with Gasteiger partial charge in [0.25, 0.3) is 23.6 Å². The number of rotatable bonds is 3. The van der Waals surface area contributed by atoms with Crippen LogP contribution in [-0.2, 0) is 4.79 Å². The van der Waals surface area contributed by atoms with Crippen molar-refractivity contribution in [2.24, 2.45) is 0 Å². The Labute approximate surface area is 152 Å². The summed E-state index contributed by atoms with van der Waals surface area (Å²) in [7, 11) is 0. The molecule has 0 bridgehead atoms. The molecule has 0 fully saturated rings. The van der Waals surface area contributed by atoms with Gasteiger partial charge < -0.3 is 9.47 Å². The fourth-order valence-corrected chi connectivity index (χ4v) is 2.80. The van der Waals surface area contributed by atoms with E-state index in [-0.39, 0.29) is 23.5 Å². The highest BCUT2D eigenvalue weighted by atomic mass is 16.7. The van der Waals surface area contributed by atoms with Crippen molar-refractivity contribution in [2.75, 3.05) is 13.3 Å². The van der Waals surface area contributed by atoms with Crippen LogP contribution >= 0.6 is 0 Å². The predicted molar refractivity (Wildman–Crippen MR) is 90.0 cm³/mol. The molecule has 9 heteroatoms. The third kappa shape index (κ3) is 2.95. The number of hydrogen-bond acceptors (Lipinski definition) is 6. The molecule has 2 N–H and O–H groups in total. The average Bonchev–Trinajstić information content (AvgIpc) is 3.25. The van der Waals surface area contributed by atoms with Gasteiger partial charge in [0, 0.05) is 5.56 Å². The van der Waals surface area contributed by atoms with Gasteiger partial charge in [0.2, 0.25) is 6.79 Å². The number of hydrogen-bond donors (Lipinski definition) is 2. The molecule has 2 heterocycles. The first-order valence-corrected chi connectivity index (χ1v) is 7.98. The number of benzene rings is 2. The van der Waals surface area contributed by atoms with Crippen molar-refractivity contribution in [1.29, 1.82) is 0 Å². The zero-order valence-corrected chi connectivity index (χ0v) is 13.9. The van der Waals surface area contributed by atoms with Crippen LogP contribution in [0, 0.1) is 0 Å². The Balaban J connectivity index is 1.36. The van der Waals surface area contributed by atoms with Crippen LogP contribution in [0.5, 0.6) is 11.5 Å². The Hall–Kier alpha value is -3.88. The van der Waals surface area contributed by atoms with E-state index in [2.05, 4.69) is 10.9 Å². The molecule has 4 amide bonds. The minimum Gasteiger partial charge on any atom is -0.454 e. The highest BCUT2D eigenvalue weighted by molar-refractivity contribution is 6.22. The molecule has 0 spiro atoms. The monoisotopic (exact) mass is 367 g/mol. The van der Waals surface area contributed by atoms with Crippen LogP contribution < -0.4 is 20.3 Å². The second-order valence-corrected chi connectivity index (χ2v) is 5.81. The van der Waals surface area contributed by atoms with E-state index < -0.39 is 30.2 Å². The standard InChI is InChI=1S/C18H13N3O6/c22-15(8-21-17(24)11-3-1-2-4-12(11)18(21)25)19-20-16(23)10-5-6-13-14(7-10)27-9-26-13/h1-7H,8-9H2,(H,19,22)(H,20,23). The largest absolute Gasteiger partial charge is 0.454 e. The molecule has 0 atom stereocenters. The number of carbonyl (C=O) groups excluding carboxylic acids is 4. The fraction of sp³-hybridized carbons (Fsp3) is 0.111. The number of hydrazine groups is 1. The molecule has 2 aromatic carbocycles. The molecular weight excluding hydrogens is 354 g/mol. The molecule has 2 aliphatic heterocycles. The maximum absolute atomic E-state index is 12.2. The zero-order valence-electron chi connectivity index (χ0n) is 13.9. The van der Waals surface area contributed by atoms with Crippen LogP contribution in [0.4, 0.5) is 0 Å². The molecule has 4 rings (SSSR count). The number of carbonyl (C=O) groups is 4. The summed E-state index contributed by atoms with van der Waals surface area (Å²) in [5.74, 6) is -1.43. The van der Waals surface area contributed by atoms with Crippen LogP contribution in [0.15, 0.2) is 42.5 Å². The number of fused-ring (bicyclic) bond motifs is 2. The molecule has 0 aliphatic carbocycles. The lowest BCUT2D eigenvalue weighted by Crippen LogP contribution is -2.47. The van der Waals surface area contributed by atoms with Gasteiger partial charge in [-0.25, -0.2) is 0 Å². The normalized spacial score (nSPS) is 14.1. The average molecular weight is 367 g/mol. The maximum Gasteiger partial charge on any atom is 0.269 e. The fourth-order valence-electron chi connectivity index (χ4n) is 2.80. The molecule has 9 nitrogen and oxygen atoms in total. The van der Waals surface area contributed by atoms with Gasteiger partial charge in [-0.05, 0) is 30.3 Å². The molecule has 0 radical (unpaired) electrons. The minimum absolute atomic E-state index is 0.0808. The first kappa shape index (κ1) is 16.6. The van der Waals surface area contributed by atoms with Gasteiger partial charge in [0.1, 0.15) is 6.54 Å². The van der Waals surface area contributed by atoms with Crippen LogP contribution in [0.1, 0.15) is 31.1 Å². The Morgan fingerprint density at radius 2 is 1.59 bits per heavy atom. The molecule has 0 aromatic heterocycles. The van der Waals surface area contributed by atoms with Gasteiger partial charge in [-0.3, -0.25) is 34.9 Å². The Morgan fingerprint density at radius 1 is 0.926 bits per heavy atom. The minimum atomic E-state index is -0.710. The van der Waals surface area contributed by atoms with Crippen molar-refractivity contribution >= 4 is 23.6 Å². The van der Waals surface area contributed by atoms with Crippen molar-refractivity contribution in [3.63, 3.8) is 0 Å². The quantitative estimate of drug-likeness (QED) is 0.602. The summed E-state index contributed by atoms with van der Waals surface area (Å²) in [6.45, 7) is -0.425. The van der Waals surface area contributed by atoms with Crippen LogP contribution in [0.2, 0.25) is 0 Å². The summed E-state index contributed by atoms with van der Waals surface area (Å²) < 4.78 is 10.3. The molecule has 0 unspecified atom stereocenters. The third-order valence-electron chi connectivity index (χ3n) is 4.13. The van der Waals surface area contributed by atoms with Crippen LogP contribution in [0.25, 0.3) is 0 Å². The van der Waals surface area contributed by atoms with E-state index in [0.29, 0.717) is 11.5 Å². The van der Waals surface area contributed by atoms with E-state index in [1.54, 1.807) is 18.2 Å². The highest BCUT2D eigenvalue weighted by Crippen LogP contribution is 2.32. The van der Waals surface area contributed by atoms with Crippen molar-refractivity contribution in [3.8, 4) is 11.5 Å². The number of amides is 4. The zero-order chi connectivity index (χ0) is 19.0. The van der Waals surface area contributed by atoms with E-state index >= 15 is 0 Å². The number of imide groups is 1. The molecule has 0 saturated carbocycles. The smallest absolute Gasteiger partial charge is 0.269 e. The molecule has 2 aliphatic rings. The van der Waals surface area contributed by atoms with Crippen molar-refractivity contribution in [2.45, 2.75) is 0 Å². The summed E-state index contributed by atoms with van der Waals surface area (Å²) in [5, 5.41) is 0. The summed E-state index contributed by atoms with van der Waals surface area (Å²) in [6, 6.07) is 10.9. The van der Waals surface area contributed by atoms with Gasteiger partial charge in [-0.15, -0.1) is 0 Å². The van der Waals surface area contributed by atoms with E-state index in [9.17, 15) is 19.2 Å². The first-order chi connectivity index (χ1) is 13.0. The van der Waals surface area contributed by atoms with Crippen molar-refractivity contribution < 1.29 is 28.7 Å². The Bertz CT molecular complexity index is 952. The second kappa shape index (κ2) is 6.45. The van der Waals surface area contributed by atoms with E-state index in [1.165, 1.54) is 24.3 Å². The van der Waals surface area contributed by atoms with E-state index in [4.69, 9.17) is 9.47 Å². The van der Waals surface area contributed by atoms with Gasteiger partial charge in [0.15, 0.2) is 11.5 Å². The van der Waals surface area contributed by atoms with Gasteiger partial charge >= 0.3 is 0 Å². The van der Waals surface area contributed by atoms with Gasteiger partial charge in [0.05, 0.1) is 11.1 Å². The lowest BCUT2D eigenvalue weighted by atomic mass is 10.1. The van der Waals surface area contributed by atoms with Crippen molar-refractivity contribution in [1.82, 2.24) is 15.8 Å². The first-order valence-electron chi connectivity index (χ1n) is 7.98. The second-order valence-electron chi connectivity index (χ2n) is 5.81. The summed E-state index contributed by atoms with van der Waals surface area (Å²) in [4.78, 5) is 49.4. The molecule has 136 valence electrons. The third-order valence-corrected chi connectivity index (χ3v) is 4.13. The molecule has 27 heavy (non-hydrogen) atoms.